The number of hydrogen-bond donors (Lipinski definition) is 2. The molecule has 6 heteroatoms. The first-order valence-electron chi connectivity index (χ1n) is 9.90. The van der Waals surface area contributed by atoms with Crippen molar-refractivity contribution in [3.05, 3.63) is 75.8 Å². The number of aliphatic hydroxyl groups is 2. The molecule has 2 aromatic heterocycles. The number of aliphatic hydroxyl groups excluding tert-OH is 2. The molecule has 3 atom stereocenters. The van der Waals surface area contributed by atoms with Gasteiger partial charge in [-0.2, -0.15) is 0 Å². The number of pyridine rings is 1. The van der Waals surface area contributed by atoms with Crippen LogP contribution in [0.25, 0.3) is 5.52 Å². The fourth-order valence-electron chi connectivity index (χ4n) is 4.25. The number of carbonyl (C=O) groups is 1. The van der Waals surface area contributed by atoms with Crippen molar-refractivity contribution < 1.29 is 19.4 Å². The summed E-state index contributed by atoms with van der Waals surface area (Å²) in [6.45, 7) is 0. The van der Waals surface area contributed by atoms with Gasteiger partial charge in [-0.1, -0.05) is 40.9 Å². The van der Waals surface area contributed by atoms with Crippen LogP contribution in [0.3, 0.4) is 0 Å². The third-order valence-corrected chi connectivity index (χ3v) is 6.38. The average Bonchev–Trinajstić information content (AvgIpc) is 3.11. The standard InChI is InChI=1S/C23H23BrFNO3/c24-16-9-7-14(8-10-16)23(29)19-13-17(22-18(25)5-3-11-26(19)22)21(28)12-15-4-1-2-6-20(15)27/h3,5,7-11,13,15,20,23,27,29H,1-2,4,6,12H2/t15-,20+,23?/m1/s1. The number of Topliss-reactive ketones (excluding diaryl/α,β-unsaturated/α-hetero) is 1. The van der Waals surface area contributed by atoms with Crippen LogP contribution in [0.15, 0.2) is 53.1 Å². The van der Waals surface area contributed by atoms with Crippen LogP contribution in [0.2, 0.25) is 0 Å². The Kier molecular flexibility index (Phi) is 5.86. The fraction of sp³-hybridized carbons (Fsp3) is 0.348. The molecule has 152 valence electrons. The van der Waals surface area contributed by atoms with Gasteiger partial charge in [0.15, 0.2) is 5.78 Å². The molecule has 0 bridgehead atoms. The molecule has 29 heavy (non-hydrogen) atoms. The minimum absolute atomic E-state index is 0.0992. The lowest BCUT2D eigenvalue weighted by atomic mass is 9.82. The van der Waals surface area contributed by atoms with Crippen LogP contribution < -0.4 is 0 Å². The molecule has 3 aromatic rings. The maximum atomic E-state index is 14.7. The first kappa shape index (κ1) is 20.3. The summed E-state index contributed by atoms with van der Waals surface area (Å²) in [6.07, 6.45) is 3.82. The first-order valence-corrected chi connectivity index (χ1v) is 10.7. The van der Waals surface area contributed by atoms with Gasteiger partial charge in [-0.15, -0.1) is 0 Å². The summed E-state index contributed by atoms with van der Waals surface area (Å²) in [7, 11) is 0. The first-order chi connectivity index (χ1) is 14.0. The topological polar surface area (TPSA) is 61.9 Å². The molecule has 2 N–H and O–H groups in total. The lowest BCUT2D eigenvalue weighted by molar-refractivity contribution is 0.0584. The SMILES string of the molecule is O=C(C[C@H]1CCCC[C@@H]1O)c1cc(C(O)c2ccc(Br)cc2)n2cccc(F)c12. The summed E-state index contributed by atoms with van der Waals surface area (Å²) in [4.78, 5) is 13.1. The molecule has 2 heterocycles. The molecule has 0 radical (unpaired) electrons. The molecule has 4 nitrogen and oxygen atoms in total. The number of nitrogens with zero attached hydrogens (tertiary/aromatic N) is 1. The van der Waals surface area contributed by atoms with E-state index in [-0.39, 0.29) is 29.2 Å². The number of rotatable bonds is 5. The summed E-state index contributed by atoms with van der Waals surface area (Å²) in [5, 5.41) is 21.1. The molecular formula is C23H23BrFNO3. The summed E-state index contributed by atoms with van der Waals surface area (Å²) in [5.74, 6) is -0.806. The Hall–Kier alpha value is -2.02. The maximum absolute atomic E-state index is 14.7. The Morgan fingerprint density at radius 1 is 1.21 bits per heavy atom. The Morgan fingerprint density at radius 3 is 2.66 bits per heavy atom. The molecule has 1 saturated carbocycles. The van der Waals surface area contributed by atoms with Crippen molar-refractivity contribution in [2.24, 2.45) is 5.92 Å². The molecular weight excluding hydrogens is 437 g/mol. The zero-order chi connectivity index (χ0) is 20.5. The van der Waals surface area contributed by atoms with Crippen molar-refractivity contribution in [3.8, 4) is 0 Å². The highest BCUT2D eigenvalue weighted by Gasteiger charge is 2.28. The van der Waals surface area contributed by atoms with E-state index in [1.54, 1.807) is 34.9 Å². The zero-order valence-corrected chi connectivity index (χ0v) is 17.5. The second kappa shape index (κ2) is 8.38. The van der Waals surface area contributed by atoms with Crippen LogP contribution in [-0.2, 0) is 0 Å². The minimum atomic E-state index is -1.00. The van der Waals surface area contributed by atoms with Gasteiger partial charge in [-0.25, -0.2) is 4.39 Å². The predicted molar refractivity (Wildman–Crippen MR) is 112 cm³/mol. The normalized spacial score (nSPS) is 20.7. The Labute approximate surface area is 177 Å². The van der Waals surface area contributed by atoms with E-state index in [0.29, 0.717) is 17.7 Å². The molecule has 1 fully saturated rings. The third kappa shape index (κ3) is 4.02. The largest absolute Gasteiger partial charge is 0.393 e. The van der Waals surface area contributed by atoms with Crippen molar-refractivity contribution in [1.82, 2.24) is 4.40 Å². The van der Waals surface area contributed by atoms with Crippen LogP contribution in [0.1, 0.15) is 59.8 Å². The molecule has 4 rings (SSSR count). The van der Waals surface area contributed by atoms with E-state index in [0.717, 1.165) is 23.7 Å². The van der Waals surface area contributed by atoms with Gasteiger partial charge in [-0.3, -0.25) is 4.79 Å². The number of halogens is 2. The van der Waals surface area contributed by atoms with Gasteiger partial charge in [0, 0.05) is 22.7 Å². The summed E-state index contributed by atoms with van der Waals surface area (Å²) >= 11 is 3.37. The molecule has 0 saturated heterocycles. The smallest absolute Gasteiger partial charge is 0.165 e. The summed E-state index contributed by atoms with van der Waals surface area (Å²) in [6, 6.07) is 11.7. The fourth-order valence-corrected chi connectivity index (χ4v) is 4.52. The highest BCUT2D eigenvalue weighted by molar-refractivity contribution is 9.10. The van der Waals surface area contributed by atoms with Gasteiger partial charge in [0.1, 0.15) is 11.9 Å². The van der Waals surface area contributed by atoms with Crippen LogP contribution in [0.5, 0.6) is 0 Å². The average molecular weight is 460 g/mol. The number of aromatic nitrogens is 1. The number of fused-ring (bicyclic) bond motifs is 1. The molecule has 1 unspecified atom stereocenters. The van der Waals surface area contributed by atoms with Gasteiger partial charge in [0.05, 0.1) is 17.3 Å². The van der Waals surface area contributed by atoms with E-state index in [4.69, 9.17) is 0 Å². The van der Waals surface area contributed by atoms with Gasteiger partial charge < -0.3 is 14.6 Å². The Bertz CT molecular complexity index is 1030. The monoisotopic (exact) mass is 459 g/mol. The molecule has 1 aliphatic rings. The number of ketones is 1. The minimum Gasteiger partial charge on any atom is -0.393 e. The van der Waals surface area contributed by atoms with Gasteiger partial charge in [-0.05, 0) is 54.7 Å². The third-order valence-electron chi connectivity index (χ3n) is 5.85. The second-order valence-electron chi connectivity index (χ2n) is 7.75. The van der Waals surface area contributed by atoms with E-state index in [1.165, 1.54) is 6.07 Å². The summed E-state index contributed by atoms with van der Waals surface area (Å²) in [5.41, 5.74) is 1.52. The molecule has 0 aliphatic heterocycles. The molecule has 0 spiro atoms. The lowest BCUT2D eigenvalue weighted by Gasteiger charge is -2.26. The molecule has 1 aliphatic carbocycles. The van der Waals surface area contributed by atoms with Crippen molar-refractivity contribution in [1.29, 1.82) is 0 Å². The van der Waals surface area contributed by atoms with Crippen LogP contribution in [-0.4, -0.2) is 26.5 Å². The lowest BCUT2D eigenvalue weighted by Crippen LogP contribution is -2.26. The summed E-state index contributed by atoms with van der Waals surface area (Å²) < 4.78 is 17.1. The van der Waals surface area contributed by atoms with E-state index >= 15 is 0 Å². The van der Waals surface area contributed by atoms with Gasteiger partial charge in [0.2, 0.25) is 0 Å². The van der Waals surface area contributed by atoms with E-state index in [9.17, 15) is 19.4 Å². The van der Waals surface area contributed by atoms with Crippen LogP contribution in [0, 0.1) is 11.7 Å². The quantitative estimate of drug-likeness (QED) is 0.524. The van der Waals surface area contributed by atoms with Crippen molar-refractivity contribution in [2.75, 3.05) is 0 Å². The number of hydrogen-bond acceptors (Lipinski definition) is 3. The van der Waals surface area contributed by atoms with Crippen molar-refractivity contribution >= 4 is 27.2 Å². The highest BCUT2D eigenvalue weighted by atomic mass is 79.9. The van der Waals surface area contributed by atoms with E-state index < -0.39 is 18.0 Å². The Balaban J connectivity index is 1.73. The van der Waals surface area contributed by atoms with Crippen LogP contribution in [0.4, 0.5) is 4.39 Å². The van der Waals surface area contributed by atoms with E-state index in [2.05, 4.69) is 15.9 Å². The van der Waals surface area contributed by atoms with Crippen LogP contribution >= 0.6 is 15.9 Å². The van der Waals surface area contributed by atoms with Crippen molar-refractivity contribution in [3.63, 3.8) is 0 Å². The highest BCUT2D eigenvalue weighted by Crippen LogP contribution is 2.32. The van der Waals surface area contributed by atoms with Gasteiger partial charge in [0.25, 0.3) is 0 Å². The molecule has 1 aromatic carbocycles. The zero-order valence-electron chi connectivity index (χ0n) is 15.9. The molecule has 0 amide bonds. The maximum Gasteiger partial charge on any atom is 0.165 e. The van der Waals surface area contributed by atoms with E-state index in [1.807, 2.05) is 12.1 Å². The number of carbonyl (C=O) groups excluding carboxylic acids is 1. The predicted octanol–water partition coefficient (Wildman–Crippen LogP) is 5.05. The number of benzene rings is 1. The van der Waals surface area contributed by atoms with Gasteiger partial charge >= 0.3 is 0 Å². The second-order valence-corrected chi connectivity index (χ2v) is 8.67. The van der Waals surface area contributed by atoms with Crippen molar-refractivity contribution in [2.45, 2.75) is 44.3 Å². The Morgan fingerprint density at radius 2 is 1.93 bits per heavy atom.